The molecule has 2 atom stereocenters. The molecule has 0 aromatic rings. The van der Waals surface area contributed by atoms with Crippen LogP contribution in [0.5, 0.6) is 0 Å². The smallest absolute Gasteiger partial charge is 0.310 e. The second-order valence-electron chi connectivity index (χ2n) is 4.02. The predicted octanol–water partition coefficient (Wildman–Crippen LogP) is 0.795. The van der Waals surface area contributed by atoms with Crippen molar-refractivity contribution in [1.82, 2.24) is 5.32 Å². The molecule has 0 radical (unpaired) electrons. The van der Waals surface area contributed by atoms with Crippen LogP contribution in [0.15, 0.2) is 0 Å². The molecule has 2 aliphatic rings. The Hall–Kier alpha value is -0.570. The number of carbonyl (C=O) groups is 1. The largest absolute Gasteiger partial charge is 0.466 e. The van der Waals surface area contributed by atoms with E-state index < -0.39 is 0 Å². The highest BCUT2D eigenvalue weighted by Gasteiger charge is 2.43. The summed E-state index contributed by atoms with van der Waals surface area (Å²) in [5, 5.41) is 3.28. The number of carbonyl (C=O) groups excluding carboxylic acids is 1. The summed E-state index contributed by atoms with van der Waals surface area (Å²) < 4.78 is 5.06. The van der Waals surface area contributed by atoms with E-state index in [4.69, 9.17) is 4.74 Å². The Bertz CT molecular complexity index is 201. The Balaban J connectivity index is 1.92. The lowest BCUT2D eigenvalue weighted by Gasteiger charge is -2.15. The first-order valence-electron chi connectivity index (χ1n) is 5.20. The minimum Gasteiger partial charge on any atom is -0.466 e. The fourth-order valence-corrected chi connectivity index (χ4v) is 2.23. The summed E-state index contributed by atoms with van der Waals surface area (Å²) in [4.78, 5) is 11.5. The van der Waals surface area contributed by atoms with E-state index in [2.05, 4.69) is 5.32 Å². The first kappa shape index (κ1) is 9.00. The number of nitrogens with one attached hydrogen (secondary N) is 1. The second-order valence-corrected chi connectivity index (χ2v) is 4.02. The third-order valence-electron chi connectivity index (χ3n) is 3.08. The number of esters is 1. The van der Waals surface area contributed by atoms with E-state index in [9.17, 15) is 4.79 Å². The first-order valence-corrected chi connectivity index (χ1v) is 5.20. The third-order valence-corrected chi connectivity index (χ3v) is 3.08. The molecule has 0 spiro atoms. The Morgan fingerprint density at radius 3 is 2.85 bits per heavy atom. The Morgan fingerprint density at radius 2 is 2.23 bits per heavy atom. The quantitative estimate of drug-likeness (QED) is 0.658. The molecule has 0 aromatic carbocycles. The minimum atomic E-state index is 0.00407. The zero-order valence-corrected chi connectivity index (χ0v) is 8.08. The molecular weight excluding hydrogens is 166 g/mol. The molecule has 2 fully saturated rings. The summed E-state index contributed by atoms with van der Waals surface area (Å²) in [6, 6.07) is 0. The Kier molecular flexibility index (Phi) is 2.54. The molecule has 1 aliphatic carbocycles. The van der Waals surface area contributed by atoms with Gasteiger partial charge in [0.15, 0.2) is 0 Å². The zero-order valence-electron chi connectivity index (χ0n) is 8.08. The highest BCUT2D eigenvalue weighted by Crippen LogP contribution is 2.42. The molecule has 3 nitrogen and oxygen atoms in total. The molecule has 1 N–H and O–H groups in total. The number of ether oxygens (including phenoxy) is 1. The van der Waals surface area contributed by atoms with Crippen LogP contribution in [0.4, 0.5) is 0 Å². The van der Waals surface area contributed by atoms with Gasteiger partial charge in [-0.2, -0.15) is 0 Å². The van der Waals surface area contributed by atoms with Crippen LogP contribution in [0.2, 0.25) is 0 Å². The van der Waals surface area contributed by atoms with E-state index in [0.29, 0.717) is 12.5 Å². The summed E-state index contributed by atoms with van der Waals surface area (Å²) in [6.07, 6.45) is 2.62. The summed E-state index contributed by atoms with van der Waals surface area (Å²) in [5.41, 5.74) is 0. The molecule has 1 saturated carbocycles. The third kappa shape index (κ3) is 1.85. The number of rotatable bonds is 3. The van der Waals surface area contributed by atoms with Crippen LogP contribution in [-0.2, 0) is 9.53 Å². The lowest BCUT2D eigenvalue weighted by molar-refractivity contribution is -0.148. The predicted molar refractivity (Wildman–Crippen MR) is 49.2 cm³/mol. The fraction of sp³-hybridized carbons (Fsp3) is 0.900. The van der Waals surface area contributed by atoms with E-state index >= 15 is 0 Å². The van der Waals surface area contributed by atoms with Crippen molar-refractivity contribution in [3.05, 3.63) is 0 Å². The Labute approximate surface area is 78.8 Å². The Morgan fingerprint density at radius 1 is 1.46 bits per heavy atom. The standard InChI is InChI=1S/C10H17NO2/c1-2-13-10(12)9-6-11-5-8(9)7-3-4-7/h7-9,11H,2-6H2,1H3/t8-,9+/m1/s1. The SMILES string of the molecule is CCOC(=O)[C@H]1CNC[C@@H]1C1CC1. The monoisotopic (exact) mass is 183 g/mol. The lowest BCUT2D eigenvalue weighted by atomic mass is 9.92. The second kappa shape index (κ2) is 3.66. The summed E-state index contributed by atoms with van der Waals surface area (Å²) in [6.45, 7) is 4.20. The van der Waals surface area contributed by atoms with E-state index in [0.717, 1.165) is 19.0 Å². The van der Waals surface area contributed by atoms with Gasteiger partial charge in [-0.1, -0.05) is 0 Å². The van der Waals surface area contributed by atoms with Crippen LogP contribution in [0.25, 0.3) is 0 Å². The summed E-state index contributed by atoms with van der Waals surface area (Å²) in [7, 11) is 0. The average molecular weight is 183 g/mol. The van der Waals surface area contributed by atoms with Gasteiger partial charge < -0.3 is 10.1 Å². The molecule has 0 bridgehead atoms. The maximum absolute atomic E-state index is 11.5. The molecular formula is C10H17NO2. The van der Waals surface area contributed by atoms with Gasteiger partial charge in [0.1, 0.15) is 0 Å². The molecule has 1 aliphatic heterocycles. The first-order chi connectivity index (χ1) is 6.33. The van der Waals surface area contributed by atoms with E-state index in [1.165, 1.54) is 12.8 Å². The summed E-state index contributed by atoms with van der Waals surface area (Å²) >= 11 is 0. The molecule has 0 amide bonds. The number of hydrogen-bond donors (Lipinski definition) is 1. The molecule has 0 aromatic heterocycles. The van der Waals surface area contributed by atoms with Gasteiger partial charge in [0, 0.05) is 6.54 Å². The van der Waals surface area contributed by atoms with Gasteiger partial charge in [0.05, 0.1) is 12.5 Å². The molecule has 1 heterocycles. The zero-order chi connectivity index (χ0) is 9.26. The van der Waals surface area contributed by atoms with Gasteiger partial charge >= 0.3 is 5.97 Å². The van der Waals surface area contributed by atoms with Gasteiger partial charge in [-0.15, -0.1) is 0 Å². The molecule has 74 valence electrons. The topological polar surface area (TPSA) is 38.3 Å². The lowest BCUT2D eigenvalue weighted by Crippen LogP contribution is -2.26. The van der Waals surface area contributed by atoms with Crippen molar-refractivity contribution in [3.63, 3.8) is 0 Å². The van der Waals surface area contributed by atoms with E-state index in [-0.39, 0.29) is 11.9 Å². The van der Waals surface area contributed by atoms with E-state index in [1.54, 1.807) is 0 Å². The van der Waals surface area contributed by atoms with Crippen molar-refractivity contribution in [2.24, 2.45) is 17.8 Å². The van der Waals surface area contributed by atoms with Crippen molar-refractivity contribution in [3.8, 4) is 0 Å². The van der Waals surface area contributed by atoms with Crippen LogP contribution >= 0.6 is 0 Å². The van der Waals surface area contributed by atoms with Crippen molar-refractivity contribution in [2.75, 3.05) is 19.7 Å². The van der Waals surface area contributed by atoms with Crippen molar-refractivity contribution >= 4 is 5.97 Å². The van der Waals surface area contributed by atoms with E-state index in [1.807, 2.05) is 6.92 Å². The van der Waals surface area contributed by atoms with Gasteiger partial charge in [0.25, 0.3) is 0 Å². The normalized spacial score (nSPS) is 33.3. The molecule has 1 saturated heterocycles. The van der Waals surface area contributed by atoms with Crippen molar-refractivity contribution in [1.29, 1.82) is 0 Å². The molecule has 3 heteroatoms. The van der Waals surface area contributed by atoms with Crippen LogP contribution in [0.1, 0.15) is 19.8 Å². The van der Waals surface area contributed by atoms with Gasteiger partial charge in [-0.3, -0.25) is 4.79 Å². The van der Waals surface area contributed by atoms with Crippen LogP contribution < -0.4 is 5.32 Å². The van der Waals surface area contributed by atoms with Crippen LogP contribution in [-0.4, -0.2) is 25.7 Å². The van der Waals surface area contributed by atoms with Gasteiger partial charge in [-0.05, 0) is 38.1 Å². The molecule has 2 rings (SSSR count). The molecule has 13 heavy (non-hydrogen) atoms. The van der Waals surface area contributed by atoms with Gasteiger partial charge in [-0.25, -0.2) is 0 Å². The average Bonchev–Trinajstić information content (AvgIpc) is 2.84. The van der Waals surface area contributed by atoms with Gasteiger partial charge in [0.2, 0.25) is 0 Å². The fourth-order valence-electron chi connectivity index (χ4n) is 2.23. The van der Waals surface area contributed by atoms with Crippen LogP contribution in [0.3, 0.4) is 0 Å². The highest BCUT2D eigenvalue weighted by molar-refractivity contribution is 5.73. The van der Waals surface area contributed by atoms with Crippen molar-refractivity contribution < 1.29 is 9.53 Å². The maximum atomic E-state index is 11.5. The minimum absolute atomic E-state index is 0.00407. The maximum Gasteiger partial charge on any atom is 0.310 e. The van der Waals surface area contributed by atoms with Crippen LogP contribution in [0, 0.1) is 17.8 Å². The highest BCUT2D eigenvalue weighted by atomic mass is 16.5. The molecule has 0 unspecified atom stereocenters. The number of hydrogen-bond acceptors (Lipinski definition) is 3. The van der Waals surface area contributed by atoms with Crippen molar-refractivity contribution in [2.45, 2.75) is 19.8 Å². The summed E-state index contributed by atoms with van der Waals surface area (Å²) in [5.74, 6) is 1.49.